The fraction of sp³-hybridized carbons (Fsp3) is 0.389. The molecule has 1 rings (SSSR count). The quantitative estimate of drug-likeness (QED) is 0.520. The molecule has 0 saturated heterocycles. The van der Waals surface area contributed by atoms with Crippen LogP contribution >= 0.6 is 0 Å². The maximum atomic E-state index is 11.7. The van der Waals surface area contributed by atoms with Crippen molar-refractivity contribution in [1.82, 2.24) is 0 Å². The first kappa shape index (κ1) is 16.2. The zero-order valence-electron chi connectivity index (χ0n) is 12.5. The number of allylic oxidation sites excluding steroid dienone is 3. The Balaban J connectivity index is 2.20. The third-order valence-electron chi connectivity index (χ3n) is 2.89. The molecule has 108 valence electrons. The highest BCUT2D eigenvalue weighted by molar-refractivity contribution is 5.72. The van der Waals surface area contributed by atoms with E-state index in [0.29, 0.717) is 18.9 Å². The predicted molar refractivity (Wildman–Crippen MR) is 83.5 cm³/mol. The smallest absolute Gasteiger partial charge is 0.310 e. The number of benzene rings is 1. The highest BCUT2D eigenvalue weighted by Crippen LogP contribution is 2.07. The van der Waals surface area contributed by atoms with Crippen molar-refractivity contribution in [2.75, 3.05) is 6.61 Å². The van der Waals surface area contributed by atoms with Crippen LogP contribution < -0.4 is 0 Å². The molecule has 1 unspecified atom stereocenters. The Kier molecular flexibility index (Phi) is 7.41. The summed E-state index contributed by atoms with van der Waals surface area (Å²) in [5.74, 6) is 0.185. The lowest BCUT2D eigenvalue weighted by Crippen LogP contribution is -2.13. The molecule has 0 aromatic heterocycles. The zero-order chi connectivity index (χ0) is 14.8. The molecule has 0 heterocycles. The van der Waals surface area contributed by atoms with Crippen molar-refractivity contribution in [3.63, 3.8) is 0 Å². The summed E-state index contributed by atoms with van der Waals surface area (Å²) in [6.45, 7) is 8.42. The number of esters is 1. The maximum Gasteiger partial charge on any atom is 0.310 e. The summed E-state index contributed by atoms with van der Waals surface area (Å²) in [4.78, 5) is 11.7. The molecule has 0 amide bonds. The SMILES string of the molecule is C=C(C)C/C=C/CC(C)COC(=O)Cc1ccccc1. The van der Waals surface area contributed by atoms with Gasteiger partial charge in [0.25, 0.3) is 0 Å². The fourth-order valence-corrected chi connectivity index (χ4v) is 1.73. The molecule has 0 aliphatic carbocycles. The van der Waals surface area contributed by atoms with E-state index in [2.05, 4.69) is 25.7 Å². The molecule has 2 nitrogen and oxygen atoms in total. The second-order valence-corrected chi connectivity index (χ2v) is 5.32. The van der Waals surface area contributed by atoms with Gasteiger partial charge in [0.05, 0.1) is 13.0 Å². The van der Waals surface area contributed by atoms with Crippen LogP contribution in [0, 0.1) is 5.92 Å². The minimum atomic E-state index is -0.158. The molecular weight excluding hydrogens is 248 g/mol. The molecular formula is C18H24O2. The zero-order valence-corrected chi connectivity index (χ0v) is 12.5. The fourth-order valence-electron chi connectivity index (χ4n) is 1.73. The first-order valence-corrected chi connectivity index (χ1v) is 7.07. The molecule has 0 N–H and O–H groups in total. The number of rotatable bonds is 8. The van der Waals surface area contributed by atoms with Crippen LogP contribution in [0.2, 0.25) is 0 Å². The molecule has 1 aromatic rings. The molecule has 20 heavy (non-hydrogen) atoms. The summed E-state index contributed by atoms with van der Waals surface area (Å²) in [6, 6.07) is 9.67. The third-order valence-corrected chi connectivity index (χ3v) is 2.89. The monoisotopic (exact) mass is 272 g/mol. The van der Waals surface area contributed by atoms with Crippen molar-refractivity contribution >= 4 is 5.97 Å². The van der Waals surface area contributed by atoms with E-state index in [1.54, 1.807) is 0 Å². The van der Waals surface area contributed by atoms with Gasteiger partial charge < -0.3 is 4.74 Å². The van der Waals surface area contributed by atoms with Gasteiger partial charge >= 0.3 is 5.97 Å². The van der Waals surface area contributed by atoms with Gasteiger partial charge in [-0.25, -0.2) is 0 Å². The van der Waals surface area contributed by atoms with Crippen LogP contribution in [0.15, 0.2) is 54.6 Å². The number of carbonyl (C=O) groups is 1. The van der Waals surface area contributed by atoms with Crippen LogP contribution in [0.25, 0.3) is 0 Å². The third kappa shape index (κ3) is 7.57. The van der Waals surface area contributed by atoms with Gasteiger partial charge in [0.2, 0.25) is 0 Å². The van der Waals surface area contributed by atoms with Crippen molar-refractivity contribution in [2.45, 2.75) is 33.1 Å². The van der Waals surface area contributed by atoms with E-state index in [-0.39, 0.29) is 5.97 Å². The van der Waals surface area contributed by atoms with E-state index >= 15 is 0 Å². The number of ether oxygens (including phenoxy) is 1. The van der Waals surface area contributed by atoms with Crippen molar-refractivity contribution in [2.24, 2.45) is 5.92 Å². The van der Waals surface area contributed by atoms with E-state index in [1.165, 1.54) is 0 Å². The van der Waals surface area contributed by atoms with Gasteiger partial charge in [-0.05, 0) is 31.2 Å². The molecule has 1 aromatic carbocycles. The summed E-state index contributed by atoms with van der Waals surface area (Å²) in [7, 11) is 0. The molecule has 0 spiro atoms. The molecule has 0 aliphatic rings. The lowest BCUT2D eigenvalue weighted by molar-refractivity contribution is -0.144. The Labute approximate surface area is 122 Å². The van der Waals surface area contributed by atoms with Crippen LogP contribution in [0.4, 0.5) is 0 Å². The molecule has 1 atom stereocenters. The Morgan fingerprint density at radius 1 is 1.30 bits per heavy atom. The van der Waals surface area contributed by atoms with Gasteiger partial charge in [0, 0.05) is 0 Å². The Hall–Kier alpha value is -1.83. The average Bonchev–Trinajstić information content (AvgIpc) is 2.42. The minimum absolute atomic E-state index is 0.158. The van der Waals surface area contributed by atoms with Crippen LogP contribution in [-0.4, -0.2) is 12.6 Å². The van der Waals surface area contributed by atoms with Gasteiger partial charge in [-0.2, -0.15) is 0 Å². The van der Waals surface area contributed by atoms with E-state index in [1.807, 2.05) is 37.3 Å². The first-order chi connectivity index (χ1) is 9.58. The highest BCUT2D eigenvalue weighted by atomic mass is 16.5. The topological polar surface area (TPSA) is 26.3 Å². The lowest BCUT2D eigenvalue weighted by Gasteiger charge is -2.10. The summed E-state index contributed by atoms with van der Waals surface area (Å²) < 4.78 is 5.30. The van der Waals surface area contributed by atoms with Gasteiger partial charge in [-0.15, -0.1) is 0 Å². The Morgan fingerprint density at radius 3 is 2.65 bits per heavy atom. The van der Waals surface area contributed by atoms with Crippen molar-refractivity contribution in [3.05, 3.63) is 60.2 Å². The van der Waals surface area contributed by atoms with Gasteiger partial charge in [0.15, 0.2) is 0 Å². The van der Waals surface area contributed by atoms with Crippen LogP contribution in [0.5, 0.6) is 0 Å². The van der Waals surface area contributed by atoms with Gasteiger partial charge in [-0.1, -0.05) is 61.6 Å². The molecule has 0 saturated carbocycles. The molecule has 0 fully saturated rings. The summed E-state index contributed by atoms with van der Waals surface area (Å²) in [5.41, 5.74) is 2.15. The average molecular weight is 272 g/mol. The molecule has 0 radical (unpaired) electrons. The second-order valence-electron chi connectivity index (χ2n) is 5.32. The molecule has 2 heteroatoms. The van der Waals surface area contributed by atoms with Crippen molar-refractivity contribution in [3.8, 4) is 0 Å². The summed E-state index contributed by atoms with van der Waals surface area (Å²) >= 11 is 0. The van der Waals surface area contributed by atoms with Crippen molar-refractivity contribution < 1.29 is 9.53 Å². The van der Waals surface area contributed by atoms with E-state index in [4.69, 9.17) is 4.74 Å². The lowest BCUT2D eigenvalue weighted by atomic mass is 10.1. The van der Waals surface area contributed by atoms with E-state index < -0.39 is 0 Å². The number of hydrogen-bond donors (Lipinski definition) is 0. The van der Waals surface area contributed by atoms with Crippen LogP contribution in [0.3, 0.4) is 0 Å². The van der Waals surface area contributed by atoms with Crippen LogP contribution in [0.1, 0.15) is 32.3 Å². The predicted octanol–water partition coefficient (Wildman–Crippen LogP) is 4.32. The largest absolute Gasteiger partial charge is 0.465 e. The Morgan fingerprint density at radius 2 is 2.00 bits per heavy atom. The highest BCUT2D eigenvalue weighted by Gasteiger charge is 2.07. The number of carbonyl (C=O) groups excluding carboxylic acids is 1. The van der Waals surface area contributed by atoms with Crippen molar-refractivity contribution in [1.29, 1.82) is 0 Å². The normalized spacial score (nSPS) is 12.3. The maximum absolute atomic E-state index is 11.7. The van der Waals surface area contributed by atoms with Gasteiger partial charge in [0.1, 0.15) is 0 Å². The number of hydrogen-bond acceptors (Lipinski definition) is 2. The minimum Gasteiger partial charge on any atom is -0.465 e. The molecule has 0 bridgehead atoms. The summed E-state index contributed by atoms with van der Waals surface area (Å²) in [6.07, 6.45) is 6.43. The summed E-state index contributed by atoms with van der Waals surface area (Å²) in [5, 5.41) is 0. The van der Waals surface area contributed by atoms with E-state index in [9.17, 15) is 4.79 Å². The van der Waals surface area contributed by atoms with Crippen LogP contribution in [-0.2, 0) is 16.0 Å². The van der Waals surface area contributed by atoms with E-state index in [0.717, 1.165) is 24.0 Å². The molecule has 0 aliphatic heterocycles. The Bertz CT molecular complexity index is 446. The van der Waals surface area contributed by atoms with Gasteiger partial charge in [-0.3, -0.25) is 4.79 Å². The standard InChI is InChI=1S/C18H24O2/c1-15(2)9-7-8-10-16(3)14-20-18(19)13-17-11-5-4-6-12-17/h4-8,11-12,16H,1,9-10,13-14H2,2-3H3/b8-7+. The second kappa shape index (κ2) is 9.13. The first-order valence-electron chi connectivity index (χ1n) is 7.07.